The summed E-state index contributed by atoms with van der Waals surface area (Å²) in [6, 6.07) is 0. The second kappa shape index (κ2) is 12.5. The minimum atomic E-state index is -2.31. The van der Waals surface area contributed by atoms with Crippen LogP contribution in [-0.2, 0) is 4.65 Å². The van der Waals surface area contributed by atoms with Gasteiger partial charge in [-0.1, -0.05) is 0 Å². The van der Waals surface area contributed by atoms with Crippen LogP contribution >= 0.6 is 0 Å². The zero-order chi connectivity index (χ0) is 6.41. The van der Waals surface area contributed by atoms with E-state index in [0.29, 0.717) is 0 Å². The Morgan fingerprint density at radius 2 is 1.90 bits per heavy atom. The van der Waals surface area contributed by atoms with E-state index in [1.54, 1.807) is 0 Å². The molecule has 0 bridgehead atoms. The number of hydrogen-bond acceptors (Lipinski definition) is 3. The van der Waals surface area contributed by atoms with Crippen molar-refractivity contribution in [1.29, 1.82) is 0 Å². The minimum absolute atomic E-state index is 0. The van der Waals surface area contributed by atoms with Gasteiger partial charge in [0.1, 0.15) is 0 Å². The standard InChI is InChI=1S/C3H4BFO3.2Li/c5-2-1-3-8-4(6)7;;/h1-2H,3H2;;/q-2;2*+1. The minimum Gasteiger partial charge on any atom is -0.871 e. The van der Waals surface area contributed by atoms with E-state index in [1.807, 2.05) is 0 Å². The average molecular weight is 132 g/mol. The first-order valence-corrected chi connectivity index (χ1v) is 1.96. The van der Waals surface area contributed by atoms with E-state index in [2.05, 4.69) is 4.65 Å². The van der Waals surface area contributed by atoms with Gasteiger partial charge in [-0.05, 0) is 6.08 Å². The molecule has 0 aromatic rings. The second-order valence-corrected chi connectivity index (χ2v) is 0.984. The van der Waals surface area contributed by atoms with Gasteiger partial charge in [-0.2, -0.15) is 0 Å². The van der Waals surface area contributed by atoms with Crippen LogP contribution in [0.2, 0.25) is 0 Å². The summed E-state index contributed by atoms with van der Waals surface area (Å²) in [5.41, 5.74) is 0. The summed E-state index contributed by atoms with van der Waals surface area (Å²) in [7, 11) is -2.31. The molecular weight excluding hydrogens is 128 g/mol. The Labute approximate surface area is 83.2 Å². The third-order valence-corrected chi connectivity index (χ3v) is 0.418. The van der Waals surface area contributed by atoms with Crippen LogP contribution in [0, 0.1) is 0 Å². The van der Waals surface area contributed by atoms with Gasteiger partial charge in [-0.3, -0.25) is 0 Å². The van der Waals surface area contributed by atoms with E-state index >= 15 is 0 Å². The molecule has 0 spiro atoms. The molecule has 0 aliphatic heterocycles. The van der Waals surface area contributed by atoms with E-state index in [0.717, 1.165) is 6.08 Å². The Balaban J connectivity index is -0.000000245. The maximum absolute atomic E-state index is 11.0. The Hall–Kier alpha value is 0.810. The topological polar surface area (TPSA) is 55.3 Å². The zero-order valence-electron chi connectivity index (χ0n) is 6.04. The van der Waals surface area contributed by atoms with Crippen LogP contribution in [0.4, 0.5) is 4.39 Å². The van der Waals surface area contributed by atoms with Gasteiger partial charge in [-0.15, -0.1) is 0 Å². The summed E-state index contributed by atoms with van der Waals surface area (Å²) in [5.74, 6) is 0. The van der Waals surface area contributed by atoms with Crippen molar-refractivity contribution in [3.63, 3.8) is 0 Å². The van der Waals surface area contributed by atoms with Gasteiger partial charge in [-0.25, -0.2) is 4.39 Å². The van der Waals surface area contributed by atoms with E-state index in [9.17, 15) is 14.4 Å². The van der Waals surface area contributed by atoms with E-state index in [4.69, 9.17) is 0 Å². The molecule has 0 heterocycles. The molecule has 0 aliphatic rings. The fourth-order valence-electron chi connectivity index (χ4n) is 0.170. The Morgan fingerprint density at radius 1 is 1.40 bits per heavy atom. The SMILES string of the molecule is [Li+].[Li+].[O-]B([O-])OCC=CF. The molecule has 0 saturated heterocycles. The molecule has 0 saturated carbocycles. The molecule has 3 nitrogen and oxygen atoms in total. The van der Waals surface area contributed by atoms with Gasteiger partial charge in [0.05, 0.1) is 13.7 Å². The van der Waals surface area contributed by atoms with Crippen molar-refractivity contribution in [2.45, 2.75) is 0 Å². The summed E-state index contributed by atoms with van der Waals surface area (Å²) in [4.78, 5) is 0. The molecule has 0 aliphatic carbocycles. The maximum atomic E-state index is 11.0. The summed E-state index contributed by atoms with van der Waals surface area (Å²) in [6.07, 6.45) is 1.14. The van der Waals surface area contributed by atoms with Gasteiger partial charge >= 0.3 is 37.7 Å². The normalized spacial score (nSPS) is 8.30. The molecule has 0 rings (SSSR count). The quantitative estimate of drug-likeness (QED) is 0.358. The Bertz CT molecular complexity index is 82.1. The van der Waals surface area contributed by atoms with Crippen molar-refractivity contribution >= 4 is 7.32 Å². The van der Waals surface area contributed by atoms with Crippen LogP contribution in [-0.4, -0.2) is 13.9 Å². The Morgan fingerprint density at radius 3 is 2.20 bits per heavy atom. The van der Waals surface area contributed by atoms with Crippen LogP contribution in [0.3, 0.4) is 0 Å². The van der Waals surface area contributed by atoms with Crippen LogP contribution in [0.5, 0.6) is 0 Å². The molecule has 46 valence electrons. The first-order valence-electron chi connectivity index (χ1n) is 1.96. The monoisotopic (exact) mass is 132 g/mol. The predicted octanol–water partition coefficient (Wildman–Crippen LogP) is -7.80. The van der Waals surface area contributed by atoms with Crippen molar-refractivity contribution in [3.05, 3.63) is 12.4 Å². The van der Waals surface area contributed by atoms with E-state index in [1.165, 1.54) is 0 Å². The number of hydrogen-bond donors (Lipinski definition) is 0. The summed E-state index contributed by atoms with van der Waals surface area (Å²) in [6.45, 7) is -0.256. The number of halogens is 1. The van der Waals surface area contributed by atoms with E-state index < -0.39 is 7.32 Å². The van der Waals surface area contributed by atoms with Crippen LogP contribution < -0.4 is 47.8 Å². The molecular formula is C3H4BFLi2O3. The second-order valence-electron chi connectivity index (χ2n) is 0.984. The molecule has 0 aromatic carbocycles. The van der Waals surface area contributed by atoms with Crippen LogP contribution in [0.25, 0.3) is 0 Å². The first kappa shape index (κ1) is 17.1. The summed E-state index contributed by atoms with van der Waals surface area (Å²) >= 11 is 0. The van der Waals surface area contributed by atoms with Crippen molar-refractivity contribution in [3.8, 4) is 0 Å². The van der Waals surface area contributed by atoms with Gasteiger partial charge in [0.2, 0.25) is 0 Å². The van der Waals surface area contributed by atoms with Crippen molar-refractivity contribution in [2.24, 2.45) is 0 Å². The van der Waals surface area contributed by atoms with Crippen molar-refractivity contribution < 1.29 is 56.8 Å². The molecule has 0 aromatic heterocycles. The van der Waals surface area contributed by atoms with Gasteiger partial charge in [0, 0.05) is 6.61 Å². The average Bonchev–Trinajstić information content (AvgIpc) is 1.66. The third kappa shape index (κ3) is 15.9. The van der Waals surface area contributed by atoms with Crippen LogP contribution in [0.1, 0.15) is 0 Å². The largest absolute Gasteiger partial charge is 1.00 e. The molecule has 0 amide bonds. The molecule has 10 heavy (non-hydrogen) atoms. The van der Waals surface area contributed by atoms with Crippen molar-refractivity contribution in [1.82, 2.24) is 0 Å². The molecule has 0 radical (unpaired) electrons. The van der Waals surface area contributed by atoms with Gasteiger partial charge < -0.3 is 14.7 Å². The van der Waals surface area contributed by atoms with Gasteiger partial charge in [0.15, 0.2) is 0 Å². The first-order chi connectivity index (χ1) is 3.77. The van der Waals surface area contributed by atoms with Crippen LogP contribution in [0.15, 0.2) is 12.4 Å². The fourth-order valence-corrected chi connectivity index (χ4v) is 0.170. The smallest absolute Gasteiger partial charge is 0.871 e. The molecule has 0 atom stereocenters. The molecule has 0 N–H and O–H groups in total. The molecule has 7 heteroatoms. The van der Waals surface area contributed by atoms with Gasteiger partial charge in [0.25, 0.3) is 0 Å². The summed E-state index contributed by atoms with van der Waals surface area (Å²) in [5, 5.41) is 18.9. The fraction of sp³-hybridized carbons (Fsp3) is 0.333. The zero-order valence-corrected chi connectivity index (χ0v) is 6.04. The van der Waals surface area contributed by atoms with Crippen molar-refractivity contribution in [2.75, 3.05) is 6.61 Å². The predicted molar refractivity (Wildman–Crippen MR) is 22.0 cm³/mol. The maximum Gasteiger partial charge on any atom is 1.00 e. The molecule has 0 fully saturated rings. The molecule has 0 unspecified atom stereocenters. The van der Waals surface area contributed by atoms with E-state index in [-0.39, 0.29) is 50.7 Å². The third-order valence-electron chi connectivity index (χ3n) is 0.418. The Kier molecular flexibility index (Phi) is 21.3. The summed E-state index contributed by atoms with van der Waals surface area (Å²) < 4.78 is 14.8. The number of rotatable bonds is 3.